The summed E-state index contributed by atoms with van der Waals surface area (Å²) in [4.78, 5) is 4.25. The molecule has 1 aromatic carbocycles. The van der Waals surface area contributed by atoms with Crippen molar-refractivity contribution in [3.8, 4) is 0 Å². The predicted octanol–water partition coefficient (Wildman–Crippen LogP) is 2.15. The molecule has 1 aliphatic heterocycles. The van der Waals surface area contributed by atoms with Gasteiger partial charge in [0.05, 0.1) is 5.39 Å². The van der Waals surface area contributed by atoms with Crippen molar-refractivity contribution in [1.29, 1.82) is 0 Å². The third-order valence-electron chi connectivity index (χ3n) is 3.14. The van der Waals surface area contributed by atoms with Crippen LogP contribution in [0.3, 0.4) is 0 Å². The zero-order valence-electron chi connectivity index (χ0n) is 9.41. The molecule has 1 saturated heterocycles. The van der Waals surface area contributed by atoms with Crippen molar-refractivity contribution in [2.45, 2.75) is 12.5 Å². The van der Waals surface area contributed by atoms with Crippen LogP contribution in [0.5, 0.6) is 0 Å². The zero-order valence-corrected chi connectivity index (χ0v) is 9.41. The SMILES string of the molecule is Fc1cccc2ccnc(NC3CCNC3)c12. The molecule has 0 spiro atoms. The first-order valence-corrected chi connectivity index (χ1v) is 5.85. The standard InChI is InChI=1S/C13H14FN3/c14-11-3-1-2-9-4-7-16-13(12(9)11)17-10-5-6-15-8-10/h1-4,7,10,15H,5-6,8H2,(H,16,17). The summed E-state index contributed by atoms with van der Waals surface area (Å²) < 4.78 is 13.8. The van der Waals surface area contributed by atoms with E-state index in [0.717, 1.165) is 24.9 Å². The maximum absolute atomic E-state index is 13.8. The molecule has 0 saturated carbocycles. The highest BCUT2D eigenvalue weighted by atomic mass is 19.1. The van der Waals surface area contributed by atoms with Gasteiger partial charge in [0.2, 0.25) is 0 Å². The Kier molecular flexibility index (Phi) is 2.65. The second kappa shape index (κ2) is 4.30. The van der Waals surface area contributed by atoms with E-state index in [1.807, 2.05) is 12.1 Å². The first-order valence-electron chi connectivity index (χ1n) is 5.85. The van der Waals surface area contributed by atoms with Crippen molar-refractivity contribution < 1.29 is 4.39 Å². The number of anilines is 1. The molecule has 3 rings (SSSR count). The monoisotopic (exact) mass is 231 g/mol. The highest BCUT2D eigenvalue weighted by Gasteiger charge is 2.16. The molecule has 17 heavy (non-hydrogen) atoms. The number of fused-ring (bicyclic) bond motifs is 1. The summed E-state index contributed by atoms with van der Waals surface area (Å²) in [5.74, 6) is 0.429. The number of benzene rings is 1. The Morgan fingerprint density at radius 2 is 2.29 bits per heavy atom. The molecule has 1 unspecified atom stereocenters. The Bertz CT molecular complexity index is 530. The molecule has 2 aromatic rings. The number of hydrogen-bond donors (Lipinski definition) is 2. The molecule has 0 radical (unpaired) electrons. The first-order chi connectivity index (χ1) is 8.34. The Morgan fingerprint density at radius 1 is 1.35 bits per heavy atom. The van der Waals surface area contributed by atoms with Gasteiger partial charge >= 0.3 is 0 Å². The van der Waals surface area contributed by atoms with E-state index in [2.05, 4.69) is 15.6 Å². The number of halogens is 1. The van der Waals surface area contributed by atoms with Crippen LogP contribution in [-0.4, -0.2) is 24.1 Å². The van der Waals surface area contributed by atoms with Gasteiger partial charge in [-0.2, -0.15) is 0 Å². The van der Waals surface area contributed by atoms with Crippen LogP contribution in [0.2, 0.25) is 0 Å². The molecule has 1 aromatic heterocycles. The Labute approximate surface area is 99.1 Å². The lowest BCUT2D eigenvalue weighted by Crippen LogP contribution is -2.22. The van der Waals surface area contributed by atoms with Crippen LogP contribution in [0, 0.1) is 5.82 Å². The lowest BCUT2D eigenvalue weighted by atomic mass is 10.1. The summed E-state index contributed by atoms with van der Waals surface area (Å²) in [6.45, 7) is 1.91. The maximum Gasteiger partial charge on any atom is 0.137 e. The van der Waals surface area contributed by atoms with Gasteiger partial charge in [0.25, 0.3) is 0 Å². The molecule has 88 valence electrons. The van der Waals surface area contributed by atoms with Gasteiger partial charge in [-0.15, -0.1) is 0 Å². The maximum atomic E-state index is 13.8. The minimum Gasteiger partial charge on any atom is -0.365 e. The fourth-order valence-electron chi connectivity index (χ4n) is 2.27. The molecular formula is C13H14FN3. The minimum absolute atomic E-state index is 0.218. The van der Waals surface area contributed by atoms with Crippen molar-refractivity contribution >= 4 is 16.6 Å². The van der Waals surface area contributed by atoms with Crippen molar-refractivity contribution in [1.82, 2.24) is 10.3 Å². The first kappa shape index (κ1) is 10.5. The van der Waals surface area contributed by atoms with Gasteiger partial charge < -0.3 is 10.6 Å². The van der Waals surface area contributed by atoms with E-state index in [1.165, 1.54) is 6.07 Å². The normalized spacial score (nSPS) is 19.7. The molecule has 2 heterocycles. The number of aromatic nitrogens is 1. The van der Waals surface area contributed by atoms with Crippen LogP contribution < -0.4 is 10.6 Å². The largest absolute Gasteiger partial charge is 0.365 e. The summed E-state index contributed by atoms with van der Waals surface area (Å²) in [5.41, 5.74) is 0. The smallest absolute Gasteiger partial charge is 0.137 e. The zero-order chi connectivity index (χ0) is 11.7. The van der Waals surface area contributed by atoms with E-state index in [9.17, 15) is 4.39 Å². The summed E-state index contributed by atoms with van der Waals surface area (Å²) in [5, 5.41) is 8.05. The van der Waals surface area contributed by atoms with Gasteiger partial charge in [0.15, 0.2) is 0 Å². The van der Waals surface area contributed by atoms with Crippen LogP contribution >= 0.6 is 0 Å². The predicted molar refractivity (Wildman–Crippen MR) is 66.6 cm³/mol. The topological polar surface area (TPSA) is 37.0 Å². The number of pyridine rings is 1. The van der Waals surface area contributed by atoms with Crippen LogP contribution in [0.1, 0.15) is 6.42 Å². The lowest BCUT2D eigenvalue weighted by Gasteiger charge is -2.14. The molecule has 3 nitrogen and oxygen atoms in total. The summed E-state index contributed by atoms with van der Waals surface area (Å²) in [6, 6.07) is 7.27. The van der Waals surface area contributed by atoms with E-state index >= 15 is 0 Å². The molecule has 2 N–H and O–H groups in total. The molecule has 1 aliphatic rings. The van der Waals surface area contributed by atoms with Crippen LogP contribution in [0.4, 0.5) is 10.2 Å². The van der Waals surface area contributed by atoms with E-state index < -0.39 is 0 Å². The van der Waals surface area contributed by atoms with Crippen LogP contribution in [-0.2, 0) is 0 Å². The van der Waals surface area contributed by atoms with Gasteiger partial charge in [-0.05, 0) is 30.5 Å². The lowest BCUT2D eigenvalue weighted by molar-refractivity contribution is 0.639. The molecule has 0 bridgehead atoms. The Morgan fingerprint density at radius 3 is 3.12 bits per heavy atom. The van der Waals surface area contributed by atoms with Crippen molar-refractivity contribution in [3.63, 3.8) is 0 Å². The number of nitrogens with zero attached hydrogens (tertiary/aromatic N) is 1. The average molecular weight is 231 g/mol. The molecule has 1 fully saturated rings. The van der Waals surface area contributed by atoms with Crippen LogP contribution in [0.25, 0.3) is 10.8 Å². The number of hydrogen-bond acceptors (Lipinski definition) is 3. The van der Waals surface area contributed by atoms with Gasteiger partial charge in [-0.1, -0.05) is 12.1 Å². The average Bonchev–Trinajstić information content (AvgIpc) is 2.82. The Balaban J connectivity index is 2.03. The quantitative estimate of drug-likeness (QED) is 0.831. The highest BCUT2D eigenvalue weighted by Crippen LogP contribution is 2.24. The Hall–Kier alpha value is -1.68. The minimum atomic E-state index is -0.218. The fourth-order valence-corrected chi connectivity index (χ4v) is 2.27. The van der Waals surface area contributed by atoms with Crippen molar-refractivity contribution in [2.75, 3.05) is 18.4 Å². The van der Waals surface area contributed by atoms with E-state index in [-0.39, 0.29) is 5.82 Å². The second-order valence-corrected chi connectivity index (χ2v) is 4.33. The van der Waals surface area contributed by atoms with E-state index in [4.69, 9.17) is 0 Å². The molecule has 0 aliphatic carbocycles. The van der Waals surface area contributed by atoms with Gasteiger partial charge in [-0.25, -0.2) is 9.37 Å². The van der Waals surface area contributed by atoms with Crippen molar-refractivity contribution in [3.05, 3.63) is 36.3 Å². The summed E-state index contributed by atoms with van der Waals surface area (Å²) >= 11 is 0. The summed E-state index contributed by atoms with van der Waals surface area (Å²) in [6.07, 6.45) is 2.76. The van der Waals surface area contributed by atoms with E-state index in [1.54, 1.807) is 12.3 Å². The van der Waals surface area contributed by atoms with E-state index in [0.29, 0.717) is 17.2 Å². The van der Waals surface area contributed by atoms with Gasteiger partial charge in [0, 0.05) is 18.8 Å². The number of nitrogens with one attached hydrogen (secondary N) is 2. The highest BCUT2D eigenvalue weighted by molar-refractivity contribution is 5.92. The second-order valence-electron chi connectivity index (χ2n) is 4.33. The summed E-state index contributed by atoms with van der Waals surface area (Å²) in [7, 11) is 0. The number of rotatable bonds is 2. The molecule has 4 heteroatoms. The molecule has 1 atom stereocenters. The van der Waals surface area contributed by atoms with Crippen molar-refractivity contribution in [2.24, 2.45) is 0 Å². The fraction of sp³-hybridized carbons (Fsp3) is 0.308. The molecular weight excluding hydrogens is 217 g/mol. The molecule has 0 amide bonds. The van der Waals surface area contributed by atoms with Gasteiger partial charge in [0.1, 0.15) is 11.6 Å². The third-order valence-corrected chi connectivity index (χ3v) is 3.14. The van der Waals surface area contributed by atoms with Crippen LogP contribution in [0.15, 0.2) is 30.5 Å². The third kappa shape index (κ3) is 1.96. The van der Waals surface area contributed by atoms with Gasteiger partial charge in [-0.3, -0.25) is 0 Å².